The second kappa shape index (κ2) is 6.05. The second-order valence-electron chi connectivity index (χ2n) is 4.94. The maximum atomic E-state index is 5.94. The number of rotatable bonds is 5. The minimum atomic E-state index is 0.381. The summed E-state index contributed by atoms with van der Waals surface area (Å²) in [4.78, 5) is 0. The molecule has 0 fully saturated rings. The van der Waals surface area contributed by atoms with Crippen molar-refractivity contribution < 1.29 is 0 Å². The van der Waals surface area contributed by atoms with Crippen LogP contribution in [0.5, 0.6) is 0 Å². The summed E-state index contributed by atoms with van der Waals surface area (Å²) in [6.45, 7) is 8.76. The second-order valence-corrected chi connectivity index (χ2v) is 4.94. The third kappa shape index (κ3) is 3.64. The van der Waals surface area contributed by atoms with E-state index in [2.05, 4.69) is 39.8 Å². The van der Waals surface area contributed by atoms with E-state index in [4.69, 9.17) is 5.73 Å². The summed E-state index contributed by atoms with van der Waals surface area (Å²) in [5, 5.41) is 0. The number of benzene rings is 1. The number of aryl methyl sites for hydroxylation is 3. The molecule has 0 aliphatic carbocycles. The lowest BCUT2D eigenvalue weighted by atomic mass is 9.94. The molecule has 0 spiro atoms. The predicted octanol–water partition coefficient (Wildman–Crippen LogP) is 3.67. The maximum Gasteiger partial charge on any atom is 0.00363 e. The van der Waals surface area contributed by atoms with Crippen molar-refractivity contribution in [2.75, 3.05) is 0 Å². The first-order valence-corrected chi connectivity index (χ1v) is 6.37. The molecule has 1 heteroatoms. The summed E-state index contributed by atoms with van der Waals surface area (Å²) < 4.78 is 0. The minimum absolute atomic E-state index is 0.381. The standard InChI is InChI=1S/C15H25N/c1-5-14(16)7-6-8-15-12(3)9-11(2)10-13(15)4/h9-10,14H,5-8,16H2,1-4H3. The fraction of sp³-hybridized carbons (Fsp3) is 0.600. The summed E-state index contributed by atoms with van der Waals surface area (Å²) >= 11 is 0. The highest BCUT2D eigenvalue weighted by molar-refractivity contribution is 5.37. The smallest absolute Gasteiger partial charge is 0.00363 e. The van der Waals surface area contributed by atoms with E-state index in [0.29, 0.717) is 6.04 Å². The highest BCUT2D eigenvalue weighted by Gasteiger charge is 2.05. The van der Waals surface area contributed by atoms with E-state index in [1.807, 2.05) is 0 Å². The Kier molecular flexibility index (Phi) is 5.01. The molecule has 90 valence electrons. The van der Waals surface area contributed by atoms with Crippen molar-refractivity contribution in [3.63, 3.8) is 0 Å². The van der Waals surface area contributed by atoms with Gasteiger partial charge in [-0.2, -0.15) is 0 Å². The highest BCUT2D eigenvalue weighted by Crippen LogP contribution is 2.19. The van der Waals surface area contributed by atoms with Crippen molar-refractivity contribution in [3.05, 3.63) is 34.4 Å². The zero-order valence-corrected chi connectivity index (χ0v) is 11.1. The van der Waals surface area contributed by atoms with Crippen molar-refractivity contribution in [2.24, 2.45) is 5.73 Å². The first-order chi connectivity index (χ1) is 7.54. The van der Waals surface area contributed by atoms with Crippen LogP contribution in [-0.2, 0) is 6.42 Å². The monoisotopic (exact) mass is 219 g/mol. The van der Waals surface area contributed by atoms with Gasteiger partial charge in [0.1, 0.15) is 0 Å². The molecule has 1 unspecified atom stereocenters. The van der Waals surface area contributed by atoms with Gasteiger partial charge in [-0.3, -0.25) is 0 Å². The van der Waals surface area contributed by atoms with Crippen LogP contribution in [0.4, 0.5) is 0 Å². The molecule has 0 saturated heterocycles. The third-order valence-corrected chi connectivity index (χ3v) is 3.37. The fourth-order valence-corrected chi connectivity index (χ4v) is 2.35. The molecular formula is C15H25N. The molecule has 1 aromatic carbocycles. The molecule has 2 N–H and O–H groups in total. The Labute approximate surface area is 100 Å². The van der Waals surface area contributed by atoms with Gasteiger partial charge in [0.25, 0.3) is 0 Å². The molecule has 0 amide bonds. The SMILES string of the molecule is CCC(N)CCCc1c(C)cc(C)cc1C. The van der Waals surface area contributed by atoms with Gasteiger partial charge in [-0.15, -0.1) is 0 Å². The molecule has 0 aromatic heterocycles. The van der Waals surface area contributed by atoms with E-state index in [1.165, 1.54) is 35.1 Å². The van der Waals surface area contributed by atoms with Crippen LogP contribution in [0.2, 0.25) is 0 Å². The zero-order valence-electron chi connectivity index (χ0n) is 11.1. The molecule has 1 aromatic rings. The van der Waals surface area contributed by atoms with Crippen LogP contribution < -0.4 is 5.73 Å². The van der Waals surface area contributed by atoms with Crippen LogP contribution in [0.1, 0.15) is 48.4 Å². The van der Waals surface area contributed by atoms with Crippen LogP contribution in [-0.4, -0.2) is 6.04 Å². The van der Waals surface area contributed by atoms with E-state index in [9.17, 15) is 0 Å². The largest absolute Gasteiger partial charge is 0.328 e. The molecule has 1 rings (SSSR count). The van der Waals surface area contributed by atoms with Gasteiger partial charge in [0.2, 0.25) is 0 Å². The maximum absolute atomic E-state index is 5.94. The molecule has 16 heavy (non-hydrogen) atoms. The van der Waals surface area contributed by atoms with Gasteiger partial charge in [0, 0.05) is 6.04 Å². The van der Waals surface area contributed by atoms with Crippen LogP contribution in [0.15, 0.2) is 12.1 Å². The minimum Gasteiger partial charge on any atom is -0.328 e. The average molecular weight is 219 g/mol. The van der Waals surface area contributed by atoms with Gasteiger partial charge in [-0.25, -0.2) is 0 Å². The quantitative estimate of drug-likeness (QED) is 0.803. The summed E-state index contributed by atoms with van der Waals surface area (Å²) in [5.74, 6) is 0. The molecular weight excluding hydrogens is 194 g/mol. The fourth-order valence-electron chi connectivity index (χ4n) is 2.35. The Balaban J connectivity index is 2.60. The van der Waals surface area contributed by atoms with Crippen molar-refractivity contribution in [2.45, 2.75) is 59.4 Å². The van der Waals surface area contributed by atoms with Crippen molar-refractivity contribution in [1.82, 2.24) is 0 Å². The van der Waals surface area contributed by atoms with E-state index in [0.717, 1.165) is 12.8 Å². The summed E-state index contributed by atoms with van der Waals surface area (Å²) in [7, 11) is 0. The highest BCUT2D eigenvalue weighted by atomic mass is 14.6. The molecule has 0 heterocycles. The number of hydrogen-bond donors (Lipinski definition) is 1. The van der Waals surface area contributed by atoms with E-state index in [1.54, 1.807) is 0 Å². The van der Waals surface area contributed by atoms with E-state index < -0.39 is 0 Å². The molecule has 0 saturated carbocycles. The molecule has 0 radical (unpaired) electrons. The Morgan fingerprint density at radius 3 is 2.19 bits per heavy atom. The lowest BCUT2D eigenvalue weighted by molar-refractivity contribution is 0.567. The lowest BCUT2D eigenvalue weighted by Crippen LogP contribution is -2.18. The Bertz CT molecular complexity index is 318. The Hall–Kier alpha value is -0.820. The summed E-state index contributed by atoms with van der Waals surface area (Å²) in [5.41, 5.74) is 11.7. The molecule has 1 nitrogen and oxygen atoms in total. The van der Waals surface area contributed by atoms with Gasteiger partial charge in [-0.1, -0.05) is 24.6 Å². The number of nitrogens with two attached hydrogens (primary N) is 1. The molecule has 0 aliphatic heterocycles. The normalized spacial score (nSPS) is 12.8. The van der Waals surface area contributed by atoms with Crippen LogP contribution >= 0.6 is 0 Å². The van der Waals surface area contributed by atoms with Gasteiger partial charge in [0.05, 0.1) is 0 Å². The molecule has 0 bridgehead atoms. The van der Waals surface area contributed by atoms with Crippen molar-refractivity contribution in [1.29, 1.82) is 0 Å². The summed E-state index contributed by atoms with van der Waals surface area (Å²) in [6, 6.07) is 4.94. The van der Waals surface area contributed by atoms with Gasteiger partial charge in [-0.05, 0) is 63.1 Å². The predicted molar refractivity (Wildman–Crippen MR) is 71.9 cm³/mol. The molecule has 0 aliphatic rings. The molecule has 1 atom stereocenters. The van der Waals surface area contributed by atoms with Crippen LogP contribution in [0, 0.1) is 20.8 Å². The van der Waals surface area contributed by atoms with E-state index in [-0.39, 0.29) is 0 Å². The average Bonchev–Trinajstić information content (AvgIpc) is 2.21. The van der Waals surface area contributed by atoms with Gasteiger partial charge >= 0.3 is 0 Å². The van der Waals surface area contributed by atoms with Gasteiger partial charge < -0.3 is 5.73 Å². The Morgan fingerprint density at radius 1 is 1.12 bits per heavy atom. The third-order valence-electron chi connectivity index (χ3n) is 3.37. The van der Waals surface area contributed by atoms with Crippen molar-refractivity contribution in [3.8, 4) is 0 Å². The topological polar surface area (TPSA) is 26.0 Å². The van der Waals surface area contributed by atoms with Crippen LogP contribution in [0.25, 0.3) is 0 Å². The van der Waals surface area contributed by atoms with E-state index >= 15 is 0 Å². The van der Waals surface area contributed by atoms with Crippen molar-refractivity contribution >= 4 is 0 Å². The Morgan fingerprint density at radius 2 is 1.69 bits per heavy atom. The number of hydrogen-bond acceptors (Lipinski definition) is 1. The van der Waals surface area contributed by atoms with Crippen LogP contribution in [0.3, 0.4) is 0 Å². The van der Waals surface area contributed by atoms with Gasteiger partial charge in [0.15, 0.2) is 0 Å². The summed E-state index contributed by atoms with van der Waals surface area (Å²) in [6.07, 6.45) is 4.61. The zero-order chi connectivity index (χ0) is 12.1. The lowest BCUT2D eigenvalue weighted by Gasteiger charge is -2.13. The first-order valence-electron chi connectivity index (χ1n) is 6.37. The first kappa shape index (κ1) is 13.2.